The number of benzene rings is 1. The third-order valence-corrected chi connectivity index (χ3v) is 4.58. The molecule has 0 unspecified atom stereocenters. The molecule has 1 N–H and O–H groups in total. The fraction of sp³-hybridized carbons (Fsp3) is 0.389. The summed E-state index contributed by atoms with van der Waals surface area (Å²) >= 11 is 0. The van der Waals surface area contributed by atoms with Crippen molar-refractivity contribution in [1.29, 1.82) is 0 Å². The molecule has 2 amide bonds. The lowest BCUT2D eigenvalue weighted by atomic mass is 10.0. The first kappa shape index (κ1) is 16.2. The number of amides is 2. The van der Waals surface area contributed by atoms with E-state index in [-0.39, 0.29) is 11.8 Å². The molecule has 1 aliphatic heterocycles. The summed E-state index contributed by atoms with van der Waals surface area (Å²) in [6.07, 6.45) is 0.680. The normalized spacial score (nSPS) is 13.6. The van der Waals surface area contributed by atoms with Crippen LogP contribution in [0.5, 0.6) is 0 Å². The SMILES string of the molecule is Cc1ccc(C(=O)N2CCc3[nH]nc(C(=O)N(C)C)c3C2)cc1C. The van der Waals surface area contributed by atoms with E-state index in [2.05, 4.69) is 10.2 Å². The summed E-state index contributed by atoms with van der Waals surface area (Å²) in [5.41, 5.74) is 5.14. The van der Waals surface area contributed by atoms with E-state index >= 15 is 0 Å². The van der Waals surface area contributed by atoms with Gasteiger partial charge in [0.2, 0.25) is 0 Å². The number of carbonyl (C=O) groups excluding carboxylic acids is 2. The maximum Gasteiger partial charge on any atom is 0.274 e. The van der Waals surface area contributed by atoms with Crippen molar-refractivity contribution in [2.75, 3.05) is 20.6 Å². The average Bonchev–Trinajstić information content (AvgIpc) is 2.98. The molecule has 3 rings (SSSR count). The lowest BCUT2D eigenvalue weighted by molar-refractivity contribution is 0.0726. The Morgan fingerprint density at radius 1 is 1.21 bits per heavy atom. The van der Waals surface area contributed by atoms with Crippen LogP contribution in [-0.2, 0) is 13.0 Å². The van der Waals surface area contributed by atoms with Crippen LogP contribution in [0.25, 0.3) is 0 Å². The first-order valence-electron chi connectivity index (χ1n) is 8.02. The summed E-state index contributed by atoms with van der Waals surface area (Å²) in [4.78, 5) is 28.3. The summed E-state index contributed by atoms with van der Waals surface area (Å²) < 4.78 is 0. The number of aryl methyl sites for hydroxylation is 2. The van der Waals surface area contributed by atoms with Gasteiger partial charge in [-0.1, -0.05) is 6.07 Å². The molecule has 0 aliphatic carbocycles. The van der Waals surface area contributed by atoms with Crippen molar-refractivity contribution < 1.29 is 9.59 Å². The van der Waals surface area contributed by atoms with E-state index in [1.807, 2.05) is 32.0 Å². The smallest absolute Gasteiger partial charge is 0.274 e. The Bertz CT molecular complexity index is 807. The Labute approximate surface area is 141 Å². The molecule has 0 saturated carbocycles. The summed E-state index contributed by atoms with van der Waals surface area (Å²) in [6.45, 7) is 5.06. The quantitative estimate of drug-likeness (QED) is 0.917. The molecule has 0 bridgehead atoms. The van der Waals surface area contributed by atoms with E-state index in [0.717, 1.165) is 16.8 Å². The fourth-order valence-electron chi connectivity index (χ4n) is 2.91. The van der Waals surface area contributed by atoms with Crippen molar-refractivity contribution in [3.8, 4) is 0 Å². The standard InChI is InChI=1S/C18H22N4O2/c1-11-5-6-13(9-12(11)2)17(23)22-8-7-15-14(10-22)16(20-19-15)18(24)21(3)4/h5-6,9H,7-8,10H2,1-4H3,(H,19,20). The van der Waals surface area contributed by atoms with Gasteiger partial charge in [-0.15, -0.1) is 0 Å². The molecule has 0 fully saturated rings. The highest BCUT2D eigenvalue weighted by atomic mass is 16.2. The van der Waals surface area contributed by atoms with Crippen molar-refractivity contribution in [2.24, 2.45) is 0 Å². The zero-order chi connectivity index (χ0) is 17.4. The number of hydrogen-bond acceptors (Lipinski definition) is 3. The molecule has 6 heteroatoms. The van der Waals surface area contributed by atoms with Crippen LogP contribution >= 0.6 is 0 Å². The highest BCUT2D eigenvalue weighted by molar-refractivity contribution is 5.96. The number of nitrogens with one attached hydrogen (secondary N) is 1. The largest absolute Gasteiger partial charge is 0.343 e. The van der Waals surface area contributed by atoms with Crippen molar-refractivity contribution >= 4 is 11.8 Å². The zero-order valence-corrected chi connectivity index (χ0v) is 14.5. The second-order valence-corrected chi connectivity index (χ2v) is 6.50. The Balaban J connectivity index is 1.86. The highest BCUT2D eigenvalue weighted by Gasteiger charge is 2.28. The van der Waals surface area contributed by atoms with Crippen LogP contribution in [0.15, 0.2) is 18.2 Å². The second kappa shape index (κ2) is 6.11. The predicted molar refractivity (Wildman–Crippen MR) is 91.0 cm³/mol. The van der Waals surface area contributed by atoms with Gasteiger partial charge in [-0.3, -0.25) is 14.7 Å². The van der Waals surface area contributed by atoms with Gasteiger partial charge < -0.3 is 9.80 Å². The third-order valence-electron chi connectivity index (χ3n) is 4.58. The maximum absolute atomic E-state index is 12.8. The third kappa shape index (κ3) is 2.79. The van der Waals surface area contributed by atoms with Crippen molar-refractivity contribution in [2.45, 2.75) is 26.8 Å². The van der Waals surface area contributed by atoms with Gasteiger partial charge in [-0.05, 0) is 37.1 Å². The lowest BCUT2D eigenvalue weighted by Crippen LogP contribution is -2.36. The first-order chi connectivity index (χ1) is 11.4. The molecule has 2 aromatic rings. The number of hydrogen-bond donors (Lipinski definition) is 1. The fourth-order valence-corrected chi connectivity index (χ4v) is 2.91. The molecule has 1 aromatic heterocycles. The minimum absolute atomic E-state index is 0.00629. The van der Waals surface area contributed by atoms with E-state index < -0.39 is 0 Å². The number of rotatable bonds is 2. The van der Waals surface area contributed by atoms with E-state index in [1.54, 1.807) is 19.0 Å². The van der Waals surface area contributed by atoms with Crippen LogP contribution in [-0.4, -0.2) is 52.5 Å². The van der Waals surface area contributed by atoms with E-state index in [4.69, 9.17) is 0 Å². The lowest BCUT2D eigenvalue weighted by Gasteiger charge is -2.27. The van der Waals surface area contributed by atoms with E-state index in [1.165, 1.54) is 10.5 Å². The summed E-state index contributed by atoms with van der Waals surface area (Å²) in [7, 11) is 3.40. The first-order valence-corrected chi connectivity index (χ1v) is 8.02. The molecule has 2 heterocycles. The molecule has 0 saturated heterocycles. The van der Waals surface area contributed by atoms with Crippen LogP contribution in [0, 0.1) is 13.8 Å². The number of aromatic amines is 1. The second-order valence-electron chi connectivity index (χ2n) is 6.50. The van der Waals surface area contributed by atoms with E-state index in [0.29, 0.717) is 30.8 Å². The monoisotopic (exact) mass is 326 g/mol. The summed E-state index contributed by atoms with van der Waals surface area (Å²) in [5.74, 6) is -0.152. The number of fused-ring (bicyclic) bond motifs is 1. The highest BCUT2D eigenvalue weighted by Crippen LogP contribution is 2.23. The van der Waals surface area contributed by atoms with Crippen LogP contribution in [0.3, 0.4) is 0 Å². The van der Waals surface area contributed by atoms with E-state index in [9.17, 15) is 9.59 Å². The van der Waals surface area contributed by atoms with Gasteiger partial charge in [-0.25, -0.2) is 0 Å². The Morgan fingerprint density at radius 3 is 2.62 bits per heavy atom. The molecule has 6 nitrogen and oxygen atoms in total. The molecule has 126 valence electrons. The van der Waals surface area contributed by atoms with Crippen LogP contribution < -0.4 is 0 Å². The molecule has 0 spiro atoms. The van der Waals surface area contributed by atoms with Gasteiger partial charge in [-0.2, -0.15) is 5.10 Å². The van der Waals surface area contributed by atoms with Gasteiger partial charge in [0.25, 0.3) is 11.8 Å². The van der Waals surface area contributed by atoms with Gasteiger partial charge in [0.15, 0.2) is 5.69 Å². The average molecular weight is 326 g/mol. The molecule has 1 aliphatic rings. The summed E-state index contributed by atoms with van der Waals surface area (Å²) in [5, 5.41) is 7.10. The van der Waals surface area contributed by atoms with Crippen LogP contribution in [0.4, 0.5) is 0 Å². The zero-order valence-electron chi connectivity index (χ0n) is 14.5. The maximum atomic E-state index is 12.8. The van der Waals surface area contributed by atoms with Gasteiger partial charge >= 0.3 is 0 Å². The number of aromatic nitrogens is 2. The van der Waals surface area contributed by atoms with Crippen LogP contribution in [0.1, 0.15) is 43.2 Å². The number of H-pyrrole nitrogens is 1. The molecular formula is C18H22N4O2. The minimum Gasteiger partial charge on any atom is -0.343 e. The molecule has 1 aromatic carbocycles. The van der Waals surface area contributed by atoms with Crippen LogP contribution in [0.2, 0.25) is 0 Å². The van der Waals surface area contributed by atoms with Gasteiger partial charge in [0.05, 0.1) is 6.54 Å². The minimum atomic E-state index is -0.145. The van der Waals surface area contributed by atoms with Crippen molar-refractivity contribution in [1.82, 2.24) is 20.0 Å². The molecule has 0 atom stereocenters. The predicted octanol–water partition coefficient (Wildman–Crippen LogP) is 1.93. The molecule has 0 radical (unpaired) electrons. The number of carbonyl (C=O) groups is 2. The van der Waals surface area contributed by atoms with Crippen molar-refractivity contribution in [3.63, 3.8) is 0 Å². The van der Waals surface area contributed by atoms with Gasteiger partial charge in [0.1, 0.15) is 0 Å². The Morgan fingerprint density at radius 2 is 1.96 bits per heavy atom. The topological polar surface area (TPSA) is 69.3 Å². The molecular weight excluding hydrogens is 304 g/mol. The van der Waals surface area contributed by atoms with Gasteiger partial charge in [0, 0.05) is 43.9 Å². The number of nitrogens with zero attached hydrogens (tertiary/aromatic N) is 3. The Kier molecular flexibility index (Phi) is 4.13. The summed E-state index contributed by atoms with van der Waals surface area (Å²) in [6, 6.07) is 5.76. The Hall–Kier alpha value is -2.63. The molecule has 24 heavy (non-hydrogen) atoms. The van der Waals surface area contributed by atoms with Crippen molar-refractivity contribution in [3.05, 3.63) is 51.8 Å².